The number of carboxylic acids is 1. The van der Waals surface area contributed by atoms with Crippen molar-refractivity contribution >= 4 is 25.7 Å². The predicted octanol–water partition coefficient (Wildman–Crippen LogP) is 10.9. The number of nitrogens with two attached hydrogens (primary N) is 1. The number of rotatable bonds is 38. The van der Waals surface area contributed by atoms with Crippen LogP contribution in [0.15, 0.2) is 72.9 Å². The molecule has 0 aliphatic carbocycles. The fraction of sp³-hybridized carbons (Fsp3) is 0.659. The van der Waals surface area contributed by atoms with E-state index in [1.54, 1.807) is 0 Å². The monoisotopic (exact) mass is 808 g/mol. The minimum atomic E-state index is -4.73. The molecule has 0 saturated carbocycles. The lowest BCUT2D eigenvalue weighted by Gasteiger charge is -2.20. The normalized spacial score (nSPS) is 14.5. The van der Waals surface area contributed by atoms with Crippen molar-refractivity contribution in [2.75, 3.05) is 19.8 Å². The fourth-order valence-electron chi connectivity index (χ4n) is 5.23. The first-order valence-electron chi connectivity index (χ1n) is 21.0. The van der Waals surface area contributed by atoms with E-state index in [0.29, 0.717) is 19.3 Å². The third kappa shape index (κ3) is 37.8. The summed E-state index contributed by atoms with van der Waals surface area (Å²) in [6, 6.07) is -1.53. The Morgan fingerprint density at radius 2 is 1.09 bits per heavy atom. The number of carbonyl (C=O) groups is 3. The number of allylic oxidation sites excluding steroid dienone is 12. The van der Waals surface area contributed by atoms with Crippen molar-refractivity contribution in [1.29, 1.82) is 0 Å². The molecule has 0 radical (unpaired) electrons. The highest BCUT2D eigenvalue weighted by Crippen LogP contribution is 2.43. The number of hydrogen-bond acceptors (Lipinski definition) is 9. The highest BCUT2D eigenvalue weighted by molar-refractivity contribution is 7.47. The molecule has 0 aliphatic heterocycles. The molecule has 1 unspecified atom stereocenters. The van der Waals surface area contributed by atoms with Crippen LogP contribution in [0.3, 0.4) is 0 Å². The van der Waals surface area contributed by atoms with Crippen LogP contribution in [0.5, 0.6) is 0 Å². The molecule has 56 heavy (non-hydrogen) atoms. The van der Waals surface area contributed by atoms with Crippen LogP contribution in [0.2, 0.25) is 0 Å². The minimum Gasteiger partial charge on any atom is -0.480 e. The van der Waals surface area contributed by atoms with Gasteiger partial charge in [-0.25, -0.2) is 4.57 Å². The van der Waals surface area contributed by atoms with E-state index in [0.717, 1.165) is 51.4 Å². The number of phosphoric ester groups is 1. The van der Waals surface area contributed by atoms with Gasteiger partial charge in [-0.2, -0.15) is 0 Å². The summed E-state index contributed by atoms with van der Waals surface area (Å²) < 4.78 is 32.6. The minimum absolute atomic E-state index is 0.0881. The van der Waals surface area contributed by atoms with E-state index in [1.807, 2.05) is 42.5 Å². The number of ether oxygens (including phenoxy) is 2. The molecule has 0 aromatic rings. The Kier molecular flexibility index (Phi) is 36.6. The van der Waals surface area contributed by atoms with Gasteiger partial charge in [-0.05, 0) is 57.8 Å². The van der Waals surface area contributed by atoms with Crippen LogP contribution in [0.4, 0.5) is 0 Å². The standard InChI is InChI=1S/C44H74NO10P/c1-3-5-7-9-11-13-15-17-19-20-22-24-26-28-30-32-34-36-43(47)55-40(38-53-56(50,51)54-39-41(45)44(48)49)37-52-42(46)35-33-31-29-27-25-23-21-18-16-14-12-10-8-6-4-2/h6,8,10,12,14,16,18,21-22,24,28,30,40-41H,3-5,7,9,11,13,15,17,19-20,23,25-27,29,31-39,45H2,1-2H3,(H,48,49)(H,50,51)/b8-6+,12-10+,16-14+,21-18+,24-22+,30-28+/t40-,41+/m1/s1. The molecule has 0 fully saturated rings. The zero-order valence-electron chi connectivity index (χ0n) is 34.4. The van der Waals surface area contributed by atoms with Crippen LogP contribution in [-0.4, -0.2) is 59.9 Å². The lowest BCUT2D eigenvalue weighted by molar-refractivity contribution is -0.161. The van der Waals surface area contributed by atoms with Crippen LogP contribution in [0.25, 0.3) is 0 Å². The lowest BCUT2D eigenvalue weighted by Crippen LogP contribution is -2.34. The van der Waals surface area contributed by atoms with E-state index in [4.69, 9.17) is 24.8 Å². The van der Waals surface area contributed by atoms with Gasteiger partial charge in [0.15, 0.2) is 6.10 Å². The summed E-state index contributed by atoms with van der Waals surface area (Å²) in [6.45, 7) is 2.58. The molecule has 12 heteroatoms. The summed E-state index contributed by atoms with van der Waals surface area (Å²) in [7, 11) is -4.73. The maximum Gasteiger partial charge on any atom is 0.472 e. The maximum atomic E-state index is 12.6. The Balaban J connectivity index is 4.50. The molecule has 4 N–H and O–H groups in total. The first-order valence-corrected chi connectivity index (χ1v) is 22.5. The average molecular weight is 808 g/mol. The molecule has 0 aromatic carbocycles. The van der Waals surface area contributed by atoms with Crippen LogP contribution in [0, 0.1) is 0 Å². The fourth-order valence-corrected chi connectivity index (χ4v) is 6.01. The molecular weight excluding hydrogens is 733 g/mol. The zero-order valence-corrected chi connectivity index (χ0v) is 35.3. The highest BCUT2D eigenvalue weighted by Gasteiger charge is 2.28. The molecule has 0 rings (SSSR count). The van der Waals surface area contributed by atoms with Gasteiger partial charge >= 0.3 is 25.7 Å². The Hall–Kier alpha value is -3.08. The smallest absolute Gasteiger partial charge is 0.472 e. The van der Waals surface area contributed by atoms with Gasteiger partial charge in [-0.3, -0.25) is 23.4 Å². The third-order valence-corrected chi connectivity index (χ3v) is 9.48. The number of phosphoric acid groups is 1. The van der Waals surface area contributed by atoms with E-state index in [-0.39, 0.29) is 19.4 Å². The van der Waals surface area contributed by atoms with Crippen molar-refractivity contribution in [2.24, 2.45) is 5.73 Å². The van der Waals surface area contributed by atoms with Crippen molar-refractivity contribution in [3.8, 4) is 0 Å². The molecule has 0 heterocycles. The van der Waals surface area contributed by atoms with Gasteiger partial charge in [0.25, 0.3) is 0 Å². The summed E-state index contributed by atoms with van der Waals surface area (Å²) in [5.74, 6) is -2.48. The zero-order chi connectivity index (χ0) is 41.4. The maximum absolute atomic E-state index is 12.6. The number of aliphatic carboxylic acids is 1. The second-order valence-corrected chi connectivity index (χ2v) is 15.3. The van der Waals surface area contributed by atoms with Gasteiger partial charge in [0.2, 0.25) is 0 Å². The largest absolute Gasteiger partial charge is 0.480 e. The second kappa shape index (κ2) is 38.8. The summed E-state index contributed by atoms with van der Waals surface area (Å²) >= 11 is 0. The third-order valence-electron chi connectivity index (χ3n) is 8.53. The Bertz CT molecular complexity index is 1230. The summed E-state index contributed by atoms with van der Waals surface area (Å²) in [4.78, 5) is 45.9. The van der Waals surface area contributed by atoms with Crippen LogP contribution < -0.4 is 5.73 Å². The molecule has 0 bridgehead atoms. The van der Waals surface area contributed by atoms with Gasteiger partial charge in [0.05, 0.1) is 13.2 Å². The molecule has 3 atom stereocenters. The first kappa shape index (κ1) is 52.9. The molecule has 0 aromatic heterocycles. The van der Waals surface area contributed by atoms with E-state index < -0.39 is 51.1 Å². The van der Waals surface area contributed by atoms with Crippen LogP contribution in [0.1, 0.15) is 155 Å². The topological polar surface area (TPSA) is 172 Å². The number of hydrogen-bond donors (Lipinski definition) is 3. The van der Waals surface area contributed by atoms with Gasteiger partial charge in [0, 0.05) is 12.8 Å². The summed E-state index contributed by atoms with van der Waals surface area (Å²) in [5, 5.41) is 8.88. The van der Waals surface area contributed by atoms with E-state index in [9.17, 15) is 23.8 Å². The van der Waals surface area contributed by atoms with E-state index >= 15 is 0 Å². The van der Waals surface area contributed by atoms with Crippen LogP contribution >= 0.6 is 7.82 Å². The van der Waals surface area contributed by atoms with E-state index in [2.05, 4.69) is 48.8 Å². The number of carbonyl (C=O) groups excluding carboxylic acids is 2. The predicted molar refractivity (Wildman–Crippen MR) is 226 cm³/mol. The van der Waals surface area contributed by atoms with Crippen LogP contribution in [-0.2, 0) is 37.5 Å². The first-order chi connectivity index (χ1) is 27.1. The Labute approximate surface area is 338 Å². The van der Waals surface area contributed by atoms with Gasteiger partial charge in [-0.15, -0.1) is 0 Å². The number of carboxylic acid groups (broad SMARTS) is 1. The average Bonchev–Trinajstić information content (AvgIpc) is 3.17. The van der Waals surface area contributed by atoms with Crippen molar-refractivity contribution in [3.63, 3.8) is 0 Å². The van der Waals surface area contributed by atoms with Gasteiger partial charge in [0.1, 0.15) is 12.6 Å². The number of esters is 2. The summed E-state index contributed by atoms with van der Waals surface area (Å²) in [5.41, 5.74) is 5.32. The second-order valence-electron chi connectivity index (χ2n) is 13.8. The summed E-state index contributed by atoms with van der Waals surface area (Å²) in [6.07, 6.45) is 45.5. The molecule has 11 nitrogen and oxygen atoms in total. The van der Waals surface area contributed by atoms with Gasteiger partial charge < -0.3 is 25.2 Å². The quantitative estimate of drug-likeness (QED) is 0.0178. The van der Waals surface area contributed by atoms with Crippen molar-refractivity contribution in [3.05, 3.63) is 72.9 Å². The molecule has 0 amide bonds. The van der Waals surface area contributed by atoms with Gasteiger partial charge in [-0.1, -0.05) is 157 Å². The van der Waals surface area contributed by atoms with E-state index in [1.165, 1.54) is 57.8 Å². The molecule has 320 valence electrons. The SMILES string of the molecule is CC/C=C/C=C/C=C/C=C/CCCCCCCC(=O)OC[C@H](COP(=O)(O)OC[C@H](N)C(=O)O)OC(=O)CCC/C=C/C/C=C/CCCCCCCCCCC. The molecule has 0 spiro atoms. The molecular formula is C44H74NO10P. The highest BCUT2D eigenvalue weighted by atomic mass is 31.2. The Morgan fingerprint density at radius 1 is 0.589 bits per heavy atom. The molecule has 0 saturated heterocycles. The van der Waals surface area contributed by atoms with Crippen molar-refractivity contribution in [2.45, 2.75) is 167 Å². The molecule has 0 aliphatic rings. The van der Waals surface area contributed by atoms with Crippen molar-refractivity contribution < 1.29 is 47.5 Å². The lowest BCUT2D eigenvalue weighted by atomic mass is 10.1. The number of unbranched alkanes of at least 4 members (excludes halogenated alkanes) is 15. The Morgan fingerprint density at radius 3 is 1.70 bits per heavy atom. The van der Waals surface area contributed by atoms with Crippen molar-refractivity contribution in [1.82, 2.24) is 0 Å².